The number of hydrogen-bond acceptors (Lipinski definition) is 4. The third-order valence-corrected chi connectivity index (χ3v) is 4.04. The number of rotatable bonds is 4. The molecule has 0 saturated heterocycles. The van der Waals surface area contributed by atoms with Gasteiger partial charge in [0.05, 0.1) is 0 Å². The average Bonchev–Trinajstić information content (AvgIpc) is 2.48. The SMILES string of the molecule is CNC(=O)c1cc(Sc2cc(C(N)=O)ccc2C)ccn1. The quantitative estimate of drug-likeness (QED) is 0.904. The van der Waals surface area contributed by atoms with Crippen LogP contribution in [0.4, 0.5) is 0 Å². The van der Waals surface area contributed by atoms with E-state index in [0.717, 1.165) is 15.4 Å². The number of aromatic nitrogens is 1. The molecule has 0 spiro atoms. The van der Waals surface area contributed by atoms with Gasteiger partial charge < -0.3 is 11.1 Å². The number of nitrogens with zero attached hydrogens (tertiary/aromatic N) is 1. The van der Waals surface area contributed by atoms with Crippen molar-refractivity contribution in [3.8, 4) is 0 Å². The van der Waals surface area contributed by atoms with E-state index in [1.54, 1.807) is 31.4 Å². The number of primary amides is 1. The molecule has 2 amide bonds. The van der Waals surface area contributed by atoms with Crippen LogP contribution in [0.3, 0.4) is 0 Å². The van der Waals surface area contributed by atoms with Gasteiger partial charge in [-0.05, 0) is 36.8 Å². The summed E-state index contributed by atoms with van der Waals surface area (Å²) in [6.45, 7) is 1.95. The number of nitrogens with one attached hydrogen (secondary N) is 1. The topological polar surface area (TPSA) is 85.1 Å². The Bertz CT molecular complexity index is 701. The maximum Gasteiger partial charge on any atom is 0.269 e. The second-order valence-electron chi connectivity index (χ2n) is 4.40. The number of pyridine rings is 1. The van der Waals surface area contributed by atoms with Gasteiger partial charge in [-0.2, -0.15) is 0 Å². The number of benzene rings is 1. The van der Waals surface area contributed by atoms with Crippen LogP contribution in [0.25, 0.3) is 0 Å². The zero-order valence-electron chi connectivity index (χ0n) is 11.7. The van der Waals surface area contributed by atoms with Gasteiger partial charge in [-0.3, -0.25) is 14.6 Å². The lowest BCUT2D eigenvalue weighted by Crippen LogP contribution is -2.18. The summed E-state index contributed by atoms with van der Waals surface area (Å²) in [5, 5.41) is 2.54. The summed E-state index contributed by atoms with van der Waals surface area (Å²) in [7, 11) is 1.56. The van der Waals surface area contributed by atoms with Crippen molar-refractivity contribution < 1.29 is 9.59 Å². The van der Waals surface area contributed by atoms with Crippen LogP contribution in [-0.2, 0) is 0 Å². The highest BCUT2D eigenvalue weighted by molar-refractivity contribution is 7.99. The first kappa shape index (κ1) is 15.1. The van der Waals surface area contributed by atoms with Crippen LogP contribution in [0.5, 0.6) is 0 Å². The van der Waals surface area contributed by atoms with Gasteiger partial charge in [0.2, 0.25) is 5.91 Å². The fraction of sp³-hybridized carbons (Fsp3) is 0.133. The Morgan fingerprint density at radius 1 is 1.24 bits per heavy atom. The molecule has 0 aliphatic carbocycles. The Balaban J connectivity index is 2.32. The van der Waals surface area contributed by atoms with E-state index < -0.39 is 5.91 Å². The van der Waals surface area contributed by atoms with Crippen molar-refractivity contribution >= 4 is 23.6 Å². The maximum absolute atomic E-state index is 11.6. The molecule has 6 heteroatoms. The van der Waals surface area contributed by atoms with Gasteiger partial charge in [0.1, 0.15) is 5.69 Å². The second-order valence-corrected chi connectivity index (χ2v) is 5.52. The fourth-order valence-electron chi connectivity index (χ4n) is 1.72. The maximum atomic E-state index is 11.6. The van der Waals surface area contributed by atoms with E-state index in [1.165, 1.54) is 11.8 Å². The van der Waals surface area contributed by atoms with Crippen molar-refractivity contribution in [2.24, 2.45) is 5.73 Å². The molecule has 0 unspecified atom stereocenters. The molecule has 5 nitrogen and oxygen atoms in total. The Kier molecular flexibility index (Phi) is 4.59. The second kappa shape index (κ2) is 6.41. The van der Waals surface area contributed by atoms with Gasteiger partial charge in [-0.25, -0.2) is 0 Å². The van der Waals surface area contributed by atoms with Crippen LogP contribution in [0, 0.1) is 6.92 Å². The van der Waals surface area contributed by atoms with E-state index in [0.29, 0.717) is 11.3 Å². The first-order valence-corrected chi connectivity index (χ1v) is 7.09. The third-order valence-electron chi connectivity index (χ3n) is 2.89. The fourth-order valence-corrected chi connectivity index (χ4v) is 2.69. The van der Waals surface area contributed by atoms with E-state index in [4.69, 9.17) is 5.73 Å². The largest absolute Gasteiger partial charge is 0.366 e. The summed E-state index contributed by atoms with van der Waals surface area (Å²) in [6, 6.07) is 8.82. The lowest BCUT2D eigenvalue weighted by atomic mass is 10.1. The van der Waals surface area contributed by atoms with Gasteiger partial charge in [0, 0.05) is 28.6 Å². The van der Waals surface area contributed by atoms with Crippen LogP contribution in [0.2, 0.25) is 0 Å². The number of hydrogen-bond donors (Lipinski definition) is 2. The van der Waals surface area contributed by atoms with Crippen LogP contribution >= 0.6 is 11.8 Å². The molecule has 2 rings (SSSR count). The zero-order valence-corrected chi connectivity index (χ0v) is 12.5. The summed E-state index contributed by atoms with van der Waals surface area (Å²) in [5.41, 5.74) is 7.14. The summed E-state index contributed by atoms with van der Waals surface area (Å²) in [6.07, 6.45) is 1.58. The minimum atomic E-state index is -0.461. The smallest absolute Gasteiger partial charge is 0.269 e. The van der Waals surface area contributed by atoms with Crippen LogP contribution in [0.1, 0.15) is 26.4 Å². The summed E-state index contributed by atoms with van der Waals surface area (Å²) in [4.78, 5) is 28.6. The number of nitrogens with two attached hydrogens (primary N) is 1. The van der Waals surface area contributed by atoms with E-state index in [-0.39, 0.29) is 5.91 Å². The predicted molar refractivity (Wildman–Crippen MR) is 81.4 cm³/mol. The van der Waals surface area contributed by atoms with Crippen molar-refractivity contribution in [3.63, 3.8) is 0 Å². The zero-order chi connectivity index (χ0) is 15.4. The van der Waals surface area contributed by atoms with Crippen molar-refractivity contribution in [2.75, 3.05) is 7.05 Å². The standard InChI is InChI=1S/C15H15N3O2S/c1-9-3-4-10(14(16)19)7-13(9)21-11-5-6-18-12(8-11)15(20)17-2/h3-8H,1-2H3,(H2,16,19)(H,17,20). The number of aryl methyl sites for hydroxylation is 1. The molecule has 0 bridgehead atoms. The van der Waals surface area contributed by atoms with E-state index in [9.17, 15) is 9.59 Å². The van der Waals surface area contributed by atoms with Crippen LogP contribution < -0.4 is 11.1 Å². The van der Waals surface area contributed by atoms with Gasteiger partial charge >= 0.3 is 0 Å². The predicted octanol–water partition coefficient (Wildman–Crippen LogP) is 2.00. The Morgan fingerprint density at radius 2 is 2.00 bits per heavy atom. The van der Waals surface area contributed by atoms with Gasteiger partial charge in [-0.1, -0.05) is 17.8 Å². The molecule has 2 aromatic rings. The first-order valence-electron chi connectivity index (χ1n) is 6.27. The Morgan fingerprint density at radius 3 is 2.67 bits per heavy atom. The molecule has 1 heterocycles. The highest BCUT2D eigenvalue weighted by Crippen LogP contribution is 2.31. The summed E-state index contributed by atoms with van der Waals surface area (Å²) in [5.74, 6) is -0.697. The molecular formula is C15H15N3O2S. The molecular weight excluding hydrogens is 286 g/mol. The third kappa shape index (κ3) is 3.61. The Labute approximate surface area is 127 Å². The molecule has 0 saturated carbocycles. The minimum absolute atomic E-state index is 0.236. The molecule has 1 aromatic heterocycles. The molecule has 0 aliphatic rings. The van der Waals surface area contributed by atoms with Crippen molar-refractivity contribution in [1.29, 1.82) is 0 Å². The molecule has 0 radical (unpaired) electrons. The van der Waals surface area contributed by atoms with Crippen molar-refractivity contribution in [1.82, 2.24) is 10.3 Å². The highest BCUT2D eigenvalue weighted by atomic mass is 32.2. The summed E-state index contributed by atoms with van der Waals surface area (Å²) < 4.78 is 0. The molecule has 3 N–H and O–H groups in total. The number of carbonyl (C=O) groups excluding carboxylic acids is 2. The van der Waals surface area contributed by atoms with Gasteiger partial charge in [0.25, 0.3) is 5.91 Å². The van der Waals surface area contributed by atoms with Crippen molar-refractivity contribution in [2.45, 2.75) is 16.7 Å². The van der Waals surface area contributed by atoms with E-state index in [2.05, 4.69) is 10.3 Å². The molecule has 1 aromatic carbocycles. The van der Waals surface area contributed by atoms with Crippen LogP contribution in [0.15, 0.2) is 46.3 Å². The normalized spacial score (nSPS) is 10.2. The first-order chi connectivity index (χ1) is 10.0. The average molecular weight is 301 g/mol. The monoisotopic (exact) mass is 301 g/mol. The Hall–Kier alpha value is -2.34. The van der Waals surface area contributed by atoms with Crippen molar-refractivity contribution in [3.05, 3.63) is 53.3 Å². The highest BCUT2D eigenvalue weighted by Gasteiger charge is 2.09. The molecule has 21 heavy (non-hydrogen) atoms. The molecule has 108 valence electrons. The van der Waals surface area contributed by atoms with E-state index >= 15 is 0 Å². The van der Waals surface area contributed by atoms with E-state index in [1.807, 2.05) is 19.1 Å². The van der Waals surface area contributed by atoms with Gasteiger partial charge in [0.15, 0.2) is 0 Å². The summed E-state index contributed by atoms with van der Waals surface area (Å²) >= 11 is 1.46. The lowest BCUT2D eigenvalue weighted by Gasteiger charge is -2.08. The van der Waals surface area contributed by atoms with Gasteiger partial charge in [-0.15, -0.1) is 0 Å². The molecule has 0 atom stereocenters. The lowest BCUT2D eigenvalue weighted by molar-refractivity contribution is 0.0956. The molecule has 0 aliphatic heterocycles. The molecule has 0 fully saturated rings. The number of amides is 2. The van der Waals surface area contributed by atoms with Crippen LogP contribution in [-0.4, -0.2) is 23.8 Å². The minimum Gasteiger partial charge on any atom is -0.366 e. The number of carbonyl (C=O) groups is 2.